The average Bonchev–Trinajstić information content (AvgIpc) is 2.47. The first-order chi connectivity index (χ1) is 6.58. The van der Waals surface area contributed by atoms with Gasteiger partial charge in [-0.1, -0.05) is 11.6 Å². The SMILES string of the molecule is NC(=O)C1Cc2cc(Cl)cc(Br)c2O1. The molecule has 2 rings (SSSR count). The summed E-state index contributed by atoms with van der Waals surface area (Å²) in [5, 5.41) is 0.615. The van der Waals surface area contributed by atoms with Gasteiger partial charge < -0.3 is 10.5 Å². The molecule has 0 radical (unpaired) electrons. The second-order valence-corrected chi connectivity index (χ2v) is 4.38. The van der Waals surface area contributed by atoms with Gasteiger partial charge in [-0.25, -0.2) is 0 Å². The molecule has 1 aromatic carbocycles. The number of rotatable bonds is 1. The van der Waals surface area contributed by atoms with Crippen LogP contribution >= 0.6 is 27.5 Å². The van der Waals surface area contributed by atoms with Gasteiger partial charge >= 0.3 is 0 Å². The largest absolute Gasteiger partial charge is 0.479 e. The molecule has 0 aliphatic carbocycles. The number of carbonyl (C=O) groups excluding carboxylic acids is 1. The first-order valence-electron chi connectivity index (χ1n) is 4.02. The Morgan fingerprint density at radius 2 is 2.36 bits per heavy atom. The van der Waals surface area contributed by atoms with Crippen LogP contribution in [0.3, 0.4) is 0 Å². The van der Waals surface area contributed by atoms with Gasteiger partial charge in [0.05, 0.1) is 4.47 Å². The number of amides is 1. The van der Waals surface area contributed by atoms with E-state index in [0.29, 0.717) is 17.2 Å². The first-order valence-corrected chi connectivity index (χ1v) is 5.19. The summed E-state index contributed by atoms with van der Waals surface area (Å²) in [5.41, 5.74) is 6.06. The number of fused-ring (bicyclic) bond motifs is 1. The van der Waals surface area contributed by atoms with Gasteiger partial charge in [0.25, 0.3) is 5.91 Å². The summed E-state index contributed by atoms with van der Waals surface area (Å²) in [4.78, 5) is 10.9. The molecule has 0 saturated carbocycles. The second-order valence-electron chi connectivity index (χ2n) is 3.09. The van der Waals surface area contributed by atoms with Gasteiger partial charge in [-0.05, 0) is 28.1 Å². The van der Waals surface area contributed by atoms with Crippen LogP contribution in [0.5, 0.6) is 5.75 Å². The molecule has 14 heavy (non-hydrogen) atoms. The van der Waals surface area contributed by atoms with E-state index in [9.17, 15) is 4.79 Å². The van der Waals surface area contributed by atoms with Crippen molar-refractivity contribution in [3.63, 3.8) is 0 Å². The van der Waals surface area contributed by atoms with E-state index in [1.165, 1.54) is 0 Å². The summed E-state index contributed by atoms with van der Waals surface area (Å²) in [6.45, 7) is 0. The molecule has 1 unspecified atom stereocenters. The van der Waals surface area contributed by atoms with Crippen LogP contribution in [0.2, 0.25) is 5.02 Å². The van der Waals surface area contributed by atoms with Gasteiger partial charge in [-0.15, -0.1) is 0 Å². The zero-order valence-corrected chi connectivity index (χ0v) is 9.43. The number of hydrogen-bond acceptors (Lipinski definition) is 2. The molecule has 3 nitrogen and oxygen atoms in total. The highest BCUT2D eigenvalue weighted by atomic mass is 79.9. The maximum absolute atomic E-state index is 10.9. The predicted molar refractivity (Wildman–Crippen MR) is 56.5 cm³/mol. The van der Waals surface area contributed by atoms with Crippen molar-refractivity contribution >= 4 is 33.4 Å². The minimum atomic E-state index is -0.570. The smallest absolute Gasteiger partial charge is 0.258 e. The quantitative estimate of drug-likeness (QED) is 0.851. The van der Waals surface area contributed by atoms with Gasteiger partial charge in [0.2, 0.25) is 0 Å². The van der Waals surface area contributed by atoms with Gasteiger partial charge in [-0.3, -0.25) is 4.79 Å². The van der Waals surface area contributed by atoms with Gasteiger partial charge in [0, 0.05) is 17.0 Å². The molecule has 0 spiro atoms. The predicted octanol–water partition coefficient (Wildman–Crippen LogP) is 1.89. The summed E-state index contributed by atoms with van der Waals surface area (Å²) in [6, 6.07) is 3.51. The van der Waals surface area contributed by atoms with E-state index in [4.69, 9.17) is 22.1 Å². The van der Waals surface area contributed by atoms with E-state index >= 15 is 0 Å². The summed E-state index contributed by atoms with van der Waals surface area (Å²) >= 11 is 9.17. The van der Waals surface area contributed by atoms with E-state index < -0.39 is 12.0 Å². The van der Waals surface area contributed by atoms with E-state index in [2.05, 4.69) is 15.9 Å². The number of benzene rings is 1. The normalized spacial score (nSPS) is 18.9. The number of carbonyl (C=O) groups is 1. The molecule has 1 amide bonds. The molecule has 74 valence electrons. The van der Waals surface area contributed by atoms with Crippen LogP contribution in [0.15, 0.2) is 16.6 Å². The Kier molecular flexibility index (Phi) is 2.41. The summed E-state index contributed by atoms with van der Waals surface area (Å²) in [5.74, 6) is 0.211. The van der Waals surface area contributed by atoms with Crippen molar-refractivity contribution in [2.75, 3.05) is 0 Å². The third-order valence-corrected chi connectivity index (χ3v) is 2.88. The maximum Gasteiger partial charge on any atom is 0.258 e. The fraction of sp³-hybridized carbons (Fsp3) is 0.222. The van der Waals surface area contributed by atoms with E-state index in [1.807, 2.05) is 0 Å². The molecule has 1 aliphatic heterocycles. The number of primary amides is 1. The molecule has 1 heterocycles. The summed E-state index contributed by atoms with van der Waals surface area (Å²) < 4.78 is 6.13. The third kappa shape index (κ3) is 1.60. The Balaban J connectivity index is 2.39. The molecule has 1 aromatic rings. The van der Waals surface area contributed by atoms with Crippen molar-refractivity contribution in [3.05, 3.63) is 27.2 Å². The van der Waals surface area contributed by atoms with Gasteiger partial charge in [-0.2, -0.15) is 0 Å². The number of halogens is 2. The third-order valence-electron chi connectivity index (χ3n) is 2.07. The molecule has 0 fully saturated rings. The van der Waals surface area contributed by atoms with Crippen LogP contribution in [-0.2, 0) is 11.2 Å². The molecule has 0 aromatic heterocycles. The van der Waals surface area contributed by atoms with Crippen molar-refractivity contribution in [3.8, 4) is 5.75 Å². The van der Waals surface area contributed by atoms with Crippen LogP contribution in [0.1, 0.15) is 5.56 Å². The number of ether oxygens (including phenoxy) is 1. The molecule has 0 bridgehead atoms. The molecule has 1 aliphatic rings. The van der Waals surface area contributed by atoms with Crippen molar-refractivity contribution < 1.29 is 9.53 Å². The van der Waals surface area contributed by atoms with E-state index in [0.717, 1.165) is 10.0 Å². The number of nitrogens with two attached hydrogens (primary N) is 1. The van der Waals surface area contributed by atoms with Crippen LogP contribution in [0, 0.1) is 0 Å². The fourth-order valence-corrected chi connectivity index (χ4v) is 2.41. The molecular formula is C9H7BrClNO2. The second kappa shape index (κ2) is 3.44. The highest BCUT2D eigenvalue weighted by Gasteiger charge is 2.29. The average molecular weight is 277 g/mol. The van der Waals surface area contributed by atoms with E-state index in [-0.39, 0.29) is 0 Å². The lowest BCUT2D eigenvalue weighted by Gasteiger charge is -2.06. The standard InChI is InChI=1S/C9H7BrClNO2/c10-6-3-5(11)1-4-2-7(9(12)13)14-8(4)6/h1,3,7H,2H2,(H2,12,13). The highest BCUT2D eigenvalue weighted by Crippen LogP contribution is 2.38. The van der Waals surface area contributed by atoms with Crippen molar-refractivity contribution in [2.24, 2.45) is 5.73 Å². The summed E-state index contributed by atoms with van der Waals surface area (Å²) in [6.07, 6.45) is -0.0798. The first kappa shape index (κ1) is 9.80. The molecule has 0 saturated heterocycles. The van der Waals surface area contributed by atoms with Crippen molar-refractivity contribution in [1.82, 2.24) is 0 Å². The Bertz CT molecular complexity index is 408. The Morgan fingerprint density at radius 1 is 1.64 bits per heavy atom. The molecule has 1 atom stereocenters. The van der Waals surface area contributed by atoms with Crippen LogP contribution in [-0.4, -0.2) is 12.0 Å². The fourth-order valence-electron chi connectivity index (χ4n) is 1.44. The zero-order chi connectivity index (χ0) is 10.3. The Labute approximate surface area is 94.3 Å². The lowest BCUT2D eigenvalue weighted by Crippen LogP contribution is -2.31. The Morgan fingerprint density at radius 3 is 3.00 bits per heavy atom. The molecular weight excluding hydrogens is 269 g/mol. The molecule has 5 heteroatoms. The minimum absolute atomic E-state index is 0.454. The van der Waals surface area contributed by atoms with Crippen molar-refractivity contribution in [2.45, 2.75) is 12.5 Å². The maximum atomic E-state index is 10.9. The molecule has 2 N–H and O–H groups in total. The van der Waals surface area contributed by atoms with Crippen LogP contribution < -0.4 is 10.5 Å². The van der Waals surface area contributed by atoms with Crippen molar-refractivity contribution in [1.29, 1.82) is 0 Å². The monoisotopic (exact) mass is 275 g/mol. The summed E-state index contributed by atoms with van der Waals surface area (Å²) in [7, 11) is 0. The van der Waals surface area contributed by atoms with Gasteiger partial charge in [0.1, 0.15) is 5.75 Å². The topological polar surface area (TPSA) is 52.3 Å². The van der Waals surface area contributed by atoms with Crippen LogP contribution in [0.25, 0.3) is 0 Å². The van der Waals surface area contributed by atoms with Crippen LogP contribution in [0.4, 0.5) is 0 Å². The lowest BCUT2D eigenvalue weighted by molar-refractivity contribution is -0.123. The highest BCUT2D eigenvalue weighted by molar-refractivity contribution is 9.10. The van der Waals surface area contributed by atoms with E-state index in [1.54, 1.807) is 12.1 Å². The zero-order valence-electron chi connectivity index (χ0n) is 7.09. The minimum Gasteiger partial charge on any atom is -0.479 e. The number of hydrogen-bond donors (Lipinski definition) is 1. The lowest BCUT2D eigenvalue weighted by atomic mass is 10.1. The van der Waals surface area contributed by atoms with Gasteiger partial charge in [0.15, 0.2) is 6.10 Å². The Hall–Kier alpha value is -0.740.